The summed E-state index contributed by atoms with van der Waals surface area (Å²) in [5.41, 5.74) is 2.55. The van der Waals surface area contributed by atoms with Gasteiger partial charge in [-0.1, -0.05) is 32.9 Å². The third kappa shape index (κ3) is 4.15. The van der Waals surface area contributed by atoms with Crippen molar-refractivity contribution in [2.75, 3.05) is 20.2 Å². The van der Waals surface area contributed by atoms with Crippen molar-refractivity contribution in [2.45, 2.75) is 32.6 Å². The minimum Gasteiger partial charge on any atom is -0.496 e. The van der Waals surface area contributed by atoms with Gasteiger partial charge in [-0.05, 0) is 35.6 Å². The van der Waals surface area contributed by atoms with E-state index in [0.717, 1.165) is 25.0 Å². The summed E-state index contributed by atoms with van der Waals surface area (Å²) < 4.78 is 5.41. The number of nitrogens with one attached hydrogen (secondary N) is 1. The monoisotopic (exact) mass is 249 g/mol. The van der Waals surface area contributed by atoms with Gasteiger partial charge in [-0.3, -0.25) is 0 Å². The normalized spacial score (nSPS) is 11.3. The number of aldehydes is 1. The first-order valence-electron chi connectivity index (χ1n) is 6.31. The van der Waals surface area contributed by atoms with Gasteiger partial charge in [-0.25, -0.2) is 0 Å². The Morgan fingerprint density at radius 1 is 1.33 bits per heavy atom. The molecule has 0 aliphatic heterocycles. The molecular formula is C15H23NO2. The largest absolute Gasteiger partial charge is 0.496 e. The molecule has 0 aliphatic rings. The minimum atomic E-state index is 0.0670. The lowest BCUT2D eigenvalue weighted by Crippen LogP contribution is -2.19. The fourth-order valence-corrected chi connectivity index (χ4v) is 1.89. The second-order valence-electron chi connectivity index (χ2n) is 5.41. The van der Waals surface area contributed by atoms with Gasteiger partial charge in [-0.15, -0.1) is 0 Å². The molecule has 1 aromatic carbocycles. The number of carbonyl (C=O) groups excluding carboxylic acids is 1. The molecule has 0 saturated heterocycles. The second kappa shape index (κ2) is 6.55. The highest BCUT2D eigenvalue weighted by Gasteiger charge is 2.18. The maximum absolute atomic E-state index is 10.2. The zero-order valence-electron chi connectivity index (χ0n) is 11.7. The van der Waals surface area contributed by atoms with Crippen LogP contribution in [-0.2, 0) is 16.6 Å². The maximum Gasteiger partial charge on any atom is 0.133 e. The molecule has 3 nitrogen and oxygen atoms in total. The van der Waals surface area contributed by atoms with Crippen LogP contribution in [0.1, 0.15) is 31.9 Å². The molecule has 0 atom stereocenters. The van der Waals surface area contributed by atoms with E-state index in [1.54, 1.807) is 7.11 Å². The van der Waals surface area contributed by atoms with Crippen LogP contribution in [0.15, 0.2) is 18.2 Å². The Balaban J connectivity index is 2.80. The summed E-state index contributed by atoms with van der Waals surface area (Å²) in [5.74, 6) is 0.937. The van der Waals surface area contributed by atoms with Crippen molar-refractivity contribution in [1.82, 2.24) is 5.32 Å². The fourth-order valence-electron chi connectivity index (χ4n) is 1.89. The molecule has 0 fully saturated rings. The van der Waals surface area contributed by atoms with Crippen LogP contribution in [0.4, 0.5) is 0 Å². The molecule has 0 heterocycles. The van der Waals surface area contributed by atoms with Gasteiger partial charge < -0.3 is 14.8 Å². The van der Waals surface area contributed by atoms with Crippen molar-refractivity contribution >= 4 is 6.29 Å². The van der Waals surface area contributed by atoms with E-state index in [4.69, 9.17) is 4.74 Å². The van der Waals surface area contributed by atoms with Crippen LogP contribution >= 0.6 is 0 Å². The van der Waals surface area contributed by atoms with Gasteiger partial charge in [-0.2, -0.15) is 0 Å². The van der Waals surface area contributed by atoms with Crippen LogP contribution in [0.25, 0.3) is 0 Å². The van der Waals surface area contributed by atoms with Crippen molar-refractivity contribution in [3.05, 3.63) is 29.3 Å². The number of hydrogen-bond acceptors (Lipinski definition) is 3. The van der Waals surface area contributed by atoms with Crippen molar-refractivity contribution in [1.29, 1.82) is 0 Å². The van der Waals surface area contributed by atoms with Crippen LogP contribution in [-0.4, -0.2) is 26.5 Å². The van der Waals surface area contributed by atoms with E-state index < -0.39 is 0 Å². The summed E-state index contributed by atoms with van der Waals surface area (Å²) in [6, 6.07) is 6.30. The van der Waals surface area contributed by atoms with Gasteiger partial charge in [0.1, 0.15) is 12.0 Å². The Hall–Kier alpha value is -1.35. The van der Waals surface area contributed by atoms with E-state index in [0.29, 0.717) is 6.54 Å². The quantitative estimate of drug-likeness (QED) is 0.621. The average molecular weight is 249 g/mol. The smallest absolute Gasteiger partial charge is 0.133 e. The number of ether oxygens (including phenoxy) is 1. The summed E-state index contributed by atoms with van der Waals surface area (Å²) in [5, 5.41) is 3.07. The Kier molecular flexibility index (Phi) is 5.35. The standard InChI is InChI=1S/C15H23NO2/c1-15(2,3)13-11-12(5-6-14(13)18-4)7-8-16-9-10-17/h5-6,10-11,16H,7-9H2,1-4H3. The third-order valence-electron chi connectivity index (χ3n) is 2.89. The molecule has 0 aliphatic carbocycles. The molecule has 1 rings (SSSR count). The fraction of sp³-hybridized carbons (Fsp3) is 0.533. The summed E-state index contributed by atoms with van der Waals surface area (Å²) in [4.78, 5) is 10.2. The highest BCUT2D eigenvalue weighted by Crippen LogP contribution is 2.31. The molecule has 3 heteroatoms. The van der Waals surface area contributed by atoms with Crippen LogP contribution in [0.5, 0.6) is 5.75 Å². The summed E-state index contributed by atoms with van der Waals surface area (Å²) >= 11 is 0. The predicted molar refractivity (Wildman–Crippen MR) is 74.3 cm³/mol. The van der Waals surface area contributed by atoms with Crippen molar-refractivity contribution < 1.29 is 9.53 Å². The Morgan fingerprint density at radius 2 is 2.06 bits per heavy atom. The highest BCUT2D eigenvalue weighted by molar-refractivity contribution is 5.51. The van der Waals surface area contributed by atoms with E-state index in [2.05, 4.69) is 38.2 Å². The molecule has 0 aromatic heterocycles. The molecule has 0 bridgehead atoms. The summed E-state index contributed by atoms with van der Waals surface area (Å²) in [7, 11) is 1.70. The van der Waals surface area contributed by atoms with Gasteiger partial charge in [0.25, 0.3) is 0 Å². The van der Waals surface area contributed by atoms with Crippen molar-refractivity contribution in [2.24, 2.45) is 0 Å². The molecule has 1 aromatic rings. The van der Waals surface area contributed by atoms with Gasteiger partial charge in [0.2, 0.25) is 0 Å². The molecule has 1 N–H and O–H groups in total. The van der Waals surface area contributed by atoms with E-state index in [1.165, 1.54) is 11.1 Å². The number of benzene rings is 1. The molecule has 0 saturated carbocycles. The summed E-state index contributed by atoms with van der Waals surface area (Å²) in [6.45, 7) is 7.77. The first-order valence-corrected chi connectivity index (χ1v) is 6.31. The van der Waals surface area contributed by atoms with E-state index in [-0.39, 0.29) is 5.41 Å². The number of rotatable bonds is 6. The highest BCUT2D eigenvalue weighted by atomic mass is 16.5. The molecular weight excluding hydrogens is 226 g/mol. The van der Waals surface area contributed by atoms with Crippen LogP contribution in [0, 0.1) is 0 Å². The lowest BCUT2D eigenvalue weighted by atomic mass is 9.85. The van der Waals surface area contributed by atoms with Crippen LogP contribution < -0.4 is 10.1 Å². The second-order valence-corrected chi connectivity index (χ2v) is 5.41. The zero-order chi connectivity index (χ0) is 13.6. The van der Waals surface area contributed by atoms with Crippen molar-refractivity contribution in [3.8, 4) is 5.75 Å². The Labute approximate surface area is 110 Å². The molecule has 0 unspecified atom stereocenters. The lowest BCUT2D eigenvalue weighted by molar-refractivity contribution is -0.107. The average Bonchev–Trinajstić information content (AvgIpc) is 2.33. The molecule has 100 valence electrons. The van der Waals surface area contributed by atoms with Gasteiger partial charge in [0, 0.05) is 0 Å². The molecule has 0 radical (unpaired) electrons. The third-order valence-corrected chi connectivity index (χ3v) is 2.89. The Morgan fingerprint density at radius 3 is 2.61 bits per heavy atom. The molecule has 0 spiro atoms. The topological polar surface area (TPSA) is 38.3 Å². The molecule has 0 amide bonds. The first-order chi connectivity index (χ1) is 8.49. The van der Waals surface area contributed by atoms with Crippen LogP contribution in [0.2, 0.25) is 0 Å². The number of carbonyl (C=O) groups is 1. The van der Waals surface area contributed by atoms with E-state index >= 15 is 0 Å². The number of methoxy groups -OCH3 is 1. The predicted octanol–water partition coefficient (Wildman–Crippen LogP) is 2.32. The first kappa shape index (κ1) is 14.7. The number of hydrogen-bond donors (Lipinski definition) is 1. The molecule has 18 heavy (non-hydrogen) atoms. The van der Waals surface area contributed by atoms with E-state index in [9.17, 15) is 4.79 Å². The van der Waals surface area contributed by atoms with E-state index in [1.807, 2.05) is 6.07 Å². The Bertz CT molecular complexity index is 394. The SMILES string of the molecule is COc1ccc(CCNCC=O)cc1C(C)(C)C. The van der Waals surface area contributed by atoms with Crippen LogP contribution in [0.3, 0.4) is 0 Å². The minimum absolute atomic E-state index is 0.0670. The van der Waals surface area contributed by atoms with Gasteiger partial charge >= 0.3 is 0 Å². The van der Waals surface area contributed by atoms with Gasteiger partial charge in [0.15, 0.2) is 0 Å². The lowest BCUT2D eigenvalue weighted by Gasteiger charge is -2.23. The summed E-state index contributed by atoms with van der Waals surface area (Å²) in [6.07, 6.45) is 1.80. The maximum atomic E-state index is 10.2. The zero-order valence-corrected chi connectivity index (χ0v) is 11.7. The van der Waals surface area contributed by atoms with Gasteiger partial charge in [0.05, 0.1) is 13.7 Å². The van der Waals surface area contributed by atoms with Crippen molar-refractivity contribution in [3.63, 3.8) is 0 Å².